The summed E-state index contributed by atoms with van der Waals surface area (Å²) in [6.45, 7) is 0.576. The molecule has 4 rings (SSSR count). The lowest BCUT2D eigenvalue weighted by Crippen LogP contribution is -2.03. The van der Waals surface area contributed by atoms with E-state index in [0.29, 0.717) is 6.54 Å². The lowest BCUT2D eigenvalue weighted by molar-refractivity contribution is 0.518. The standard InChI is InChI=1S/C20H16ClN3OS/c21-15-6-3-5-14(11-15)13-26-20-23-18-9-2-1-8-17(18)19(24-20)22-12-16-7-4-10-25-16/h1-11H,12-13H2,(H,22,23,24). The molecule has 0 amide bonds. The van der Waals surface area contributed by atoms with Gasteiger partial charge in [-0.3, -0.25) is 0 Å². The predicted octanol–water partition coefficient (Wildman–Crippen LogP) is 5.78. The number of rotatable bonds is 6. The molecule has 26 heavy (non-hydrogen) atoms. The monoisotopic (exact) mass is 381 g/mol. The molecule has 6 heteroatoms. The van der Waals surface area contributed by atoms with Crippen LogP contribution in [0.5, 0.6) is 0 Å². The SMILES string of the molecule is Clc1cccc(CSc2nc(NCc3ccco3)c3ccccc3n2)c1. The maximum atomic E-state index is 6.06. The van der Waals surface area contributed by atoms with Crippen molar-refractivity contribution in [2.75, 3.05) is 5.32 Å². The minimum Gasteiger partial charge on any atom is -0.467 e. The first-order valence-corrected chi connectivity index (χ1v) is 9.54. The van der Waals surface area contributed by atoms with E-state index in [9.17, 15) is 0 Å². The number of fused-ring (bicyclic) bond motifs is 1. The largest absolute Gasteiger partial charge is 0.467 e. The fourth-order valence-corrected chi connectivity index (χ4v) is 3.62. The third-order valence-electron chi connectivity index (χ3n) is 3.85. The number of anilines is 1. The Morgan fingerprint density at radius 1 is 1.00 bits per heavy atom. The number of nitrogens with one attached hydrogen (secondary N) is 1. The summed E-state index contributed by atoms with van der Waals surface area (Å²) in [5.41, 5.74) is 2.06. The van der Waals surface area contributed by atoms with E-state index in [2.05, 4.69) is 16.4 Å². The summed E-state index contributed by atoms with van der Waals surface area (Å²) in [7, 11) is 0. The van der Waals surface area contributed by atoms with Gasteiger partial charge in [0.05, 0.1) is 18.3 Å². The first-order valence-electron chi connectivity index (χ1n) is 8.18. The van der Waals surface area contributed by atoms with Crippen LogP contribution in [0, 0.1) is 0 Å². The first-order chi connectivity index (χ1) is 12.8. The molecule has 0 fully saturated rings. The second-order valence-electron chi connectivity index (χ2n) is 5.72. The average Bonchev–Trinajstić information content (AvgIpc) is 3.18. The van der Waals surface area contributed by atoms with Crippen molar-refractivity contribution in [2.24, 2.45) is 0 Å². The van der Waals surface area contributed by atoms with Gasteiger partial charge in [-0.15, -0.1) is 0 Å². The molecule has 2 aromatic carbocycles. The van der Waals surface area contributed by atoms with E-state index < -0.39 is 0 Å². The fraction of sp³-hybridized carbons (Fsp3) is 0.100. The van der Waals surface area contributed by atoms with Gasteiger partial charge in [0.25, 0.3) is 0 Å². The van der Waals surface area contributed by atoms with Gasteiger partial charge in [0.15, 0.2) is 5.16 Å². The van der Waals surface area contributed by atoms with Crippen molar-refractivity contribution in [3.63, 3.8) is 0 Å². The summed E-state index contributed by atoms with van der Waals surface area (Å²) >= 11 is 7.65. The lowest BCUT2D eigenvalue weighted by atomic mass is 10.2. The number of para-hydroxylation sites is 1. The van der Waals surface area contributed by atoms with Crippen molar-refractivity contribution in [2.45, 2.75) is 17.5 Å². The van der Waals surface area contributed by atoms with Crippen LogP contribution in [0.4, 0.5) is 5.82 Å². The van der Waals surface area contributed by atoms with Gasteiger partial charge in [-0.2, -0.15) is 0 Å². The number of benzene rings is 2. The Balaban J connectivity index is 1.58. The third-order valence-corrected chi connectivity index (χ3v) is 5.00. The smallest absolute Gasteiger partial charge is 0.190 e. The van der Waals surface area contributed by atoms with E-state index in [1.807, 2.05) is 54.6 Å². The zero-order valence-electron chi connectivity index (χ0n) is 13.9. The summed E-state index contributed by atoms with van der Waals surface area (Å²) in [5.74, 6) is 2.43. The molecule has 4 nitrogen and oxygen atoms in total. The highest BCUT2D eigenvalue weighted by Gasteiger charge is 2.09. The average molecular weight is 382 g/mol. The van der Waals surface area contributed by atoms with Crippen LogP contribution in [-0.2, 0) is 12.3 Å². The van der Waals surface area contributed by atoms with Gasteiger partial charge >= 0.3 is 0 Å². The van der Waals surface area contributed by atoms with E-state index in [4.69, 9.17) is 21.0 Å². The summed E-state index contributed by atoms with van der Waals surface area (Å²) < 4.78 is 5.39. The van der Waals surface area contributed by atoms with Crippen LogP contribution in [-0.4, -0.2) is 9.97 Å². The minimum atomic E-state index is 0.576. The van der Waals surface area contributed by atoms with Gasteiger partial charge in [0.2, 0.25) is 0 Å². The molecule has 0 aliphatic rings. The molecule has 0 aliphatic heterocycles. The van der Waals surface area contributed by atoms with Crippen LogP contribution < -0.4 is 5.32 Å². The van der Waals surface area contributed by atoms with Crippen molar-refractivity contribution in [1.82, 2.24) is 9.97 Å². The minimum absolute atomic E-state index is 0.576. The topological polar surface area (TPSA) is 51.0 Å². The molecule has 0 saturated carbocycles. The van der Waals surface area contributed by atoms with Gasteiger partial charge < -0.3 is 9.73 Å². The van der Waals surface area contributed by atoms with Gasteiger partial charge in [-0.05, 0) is 42.0 Å². The quantitative estimate of drug-likeness (QED) is 0.339. The lowest BCUT2D eigenvalue weighted by Gasteiger charge is -2.10. The molecule has 1 N–H and O–H groups in total. The van der Waals surface area contributed by atoms with E-state index in [1.165, 1.54) is 0 Å². The van der Waals surface area contributed by atoms with Gasteiger partial charge in [-0.25, -0.2) is 9.97 Å². The maximum absolute atomic E-state index is 6.06. The predicted molar refractivity (Wildman–Crippen MR) is 107 cm³/mol. The number of thioether (sulfide) groups is 1. The molecule has 0 atom stereocenters. The Kier molecular flexibility index (Phi) is 5.09. The van der Waals surface area contributed by atoms with Crippen LogP contribution in [0.2, 0.25) is 5.02 Å². The van der Waals surface area contributed by atoms with Crippen molar-refractivity contribution in [3.8, 4) is 0 Å². The second-order valence-corrected chi connectivity index (χ2v) is 7.10. The normalized spacial score (nSPS) is 11.0. The third kappa shape index (κ3) is 4.00. The van der Waals surface area contributed by atoms with Gasteiger partial charge in [-0.1, -0.05) is 47.6 Å². The molecule has 2 aromatic heterocycles. The Hall–Kier alpha value is -2.50. The van der Waals surface area contributed by atoms with Crippen molar-refractivity contribution in [1.29, 1.82) is 0 Å². The highest BCUT2D eigenvalue weighted by molar-refractivity contribution is 7.98. The highest BCUT2D eigenvalue weighted by atomic mass is 35.5. The molecule has 130 valence electrons. The Labute approximate surface area is 160 Å². The van der Waals surface area contributed by atoms with Crippen LogP contribution >= 0.6 is 23.4 Å². The van der Waals surface area contributed by atoms with Gasteiger partial charge in [0.1, 0.15) is 11.6 Å². The van der Waals surface area contributed by atoms with E-state index in [-0.39, 0.29) is 0 Å². The number of hydrogen-bond acceptors (Lipinski definition) is 5. The van der Waals surface area contributed by atoms with E-state index in [0.717, 1.165) is 44.0 Å². The summed E-state index contributed by atoms with van der Waals surface area (Å²) in [5, 5.41) is 5.82. The number of aromatic nitrogens is 2. The molecule has 0 radical (unpaired) electrons. The van der Waals surface area contributed by atoms with Crippen molar-refractivity contribution >= 4 is 40.1 Å². The molecular formula is C20H16ClN3OS. The Bertz CT molecular complexity index is 1020. The number of halogens is 1. The van der Waals surface area contributed by atoms with E-state index >= 15 is 0 Å². The van der Waals surface area contributed by atoms with Crippen LogP contribution in [0.1, 0.15) is 11.3 Å². The molecule has 0 unspecified atom stereocenters. The maximum Gasteiger partial charge on any atom is 0.190 e. The second kappa shape index (κ2) is 7.81. The van der Waals surface area contributed by atoms with Crippen LogP contribution in [0.15, 0.2) is 76.5 Å². The summed E-state index contributed by atoms with van der Waals surface area (Å²) in [6.07, 6.45) is 1.67. The van der Waals surface area contributed by atoms with Crippen molar-refractivity contribution < 1.29 is 4.42 Å². The van der Waals surface area contributed by atoms with Crippen molar-refractivity contribution in [3.05, 3.63) is 83.3 Å². The molecule has 0 aliphatic carbocycles. The zero-order valence-corrected chi connectivity index (χ0v) is 15.4. The highest BCUT2D eigenvalue weighted by Crippen LogP contribution is 2.27. The number of hydrogen-bond donors (Lipinski definition) is 1. The van der Waals surface area contributed by atoms with E-state index in [1.54, 1.807) is 18.0 Å². The molecular weight excluding hydrogens is 366 g/mol. The molecule has 0 bridgehead atoms. The Morgan fingerprint density at radius 3 is 2.77 bits per heavy atom. The van der Waals surface area contributed by atoms with Crippen LogP contribution in [0.3, 0.4) is 0 Å². The van der Waals surface area contributed by atoms with Crippen LogP contribution in [0.25, 0.3) is 10.9 Å². The summed E-state index contributed by atoms with van der Waals surface area (Å²) in [6, 6.07) is 19.6. The Morgan fingerprint density at radius 2 is 1.92 bits per heavy atom. The first kappa shape index (κ1) is 16.9. The zero-order chi connectivity index (χ0) is 17.8. The molecule has 4 aromatic rings. The molecule has 0 saturated heterocycles. The summed E-state index contributed by atoms with van der Waals surface area (Å²) in [4.78, 5) is 9.38. The number of furan rings is 1. The number of nitrogens with zero attached hydrogens (tertiary/aromatic N) is 2. The molecule has 0 spiro atoms. The fourth-order valence-electron chi connectivity index (χ4n) is 2.61. The van der Waals surface area contributed by atoms with Gasteiger partial charge in [0, 0.05) is 16.2 Å². The molecule has 2 heterocycles.